The lowest BCUT2D eigenvalue weighted by atomic mass is 9.95. The fraction of sp³-hybridized carbons (Fsp3) is 0.909. The smallest absolute Gasteiger partial charge is 0.327 e. The molecular formula is C11H22N2O7. The standard InChI is InChI=1S/C11H22N2O7/c1-18-8-13-9(17)12(4-5-14)10(6-15,7-16)11(13,19-2)20-3/h14-16H,4-8H2,1-3H3. The quantitative estimate of drug-likeness (QED) is 0.443. The second-order valence-electron chi connectivity index (χ2n) is 4.34. The largest absolute Gasteiger partial charge is 0.395 e. The van der Waals surface area contributed by atoms with Crippen LogP contribution in [0.2, 0.25) is 0 Å². The summed E-state index contributed by atoms with van der Waals surface area (Å²) in [4.78, 5) is 14.7. The number of amides is 2. The molecule has 0 atom stereocenters. The van der Waals surface area contributed by atoms with Gasteiger partial charge in [0.2, 0.25) is 0 Å². The lowest BCUT2D eigenvalue weighted by Gasteiger charge is -2.45. The SMILES string of the molecule is COCN1C(=O)N(CCO)C(CO)(CO)C1(OC)OC. The highest BCUT2D eigenvalue weighted by atomic mass is 16.7. The summed E-state index contributed by atoms with van der Waals surface area (Å²) in [6.07, 6.45) is 0. The maximum Gasteiger partial charge on any atom is 0.327 e. The first-order valence-electron chi connectivity index (χ1n) is 6.06. The molecule has 1 fully saturated rings. The predicted octanol–water partition coefficient (Wildman–Crippen LogP) is -2.01. The third-order valence-corrected chi connectivity index (χ3v) is 3.58. The molecule has 3 N–H and O–H groups in total. The number of urea groups is 1. The van der Waals surface area contributed by atoms with E-state index in [4.69, 9.17) is 19.3 Å². The second kappa shape index (κ2) is 6.66. The molecular weight excluding hydrogens is 272 g/mol. The molecule has 1 rings (SSSR count). The first-order valence-corrected chi connectivity index (χ1v) is 6.06. The van der Waals surface area contributed by atoms with Crippen LogP contribution < -0.4 is 0 Å². The zero-order valence-electron chi connectivity index (χ0n) is 11.9. The molecule has 9 nitrogen and oxygen atoms in total. The van der Waals surface area contributed by atoms with E-state index in [1.807, 2.05) is 0 Å². The minimum absolute atomic E-state index is 0.0887. The first kappa shape index (κ1) is 17.1. The van der Waals surface area contributed by atoms with Crippen molar-refractivity contribution in [3.63, 3.8) is 0 Å². The summed E-state index contributed by atoms with van der Waals surface area (Å²) in [5, 5.41) is 28.6. The van der Waals surface area contributed by atoms with Gasteiger partial charge in [-0.1, -0.05) is 0 Å². The fourth-order valence-electron chi connectivity index (χ4n) is 2.66. The van der Waals surface area contributed by atoms with Crippen molar-refractivity contribution in [1.29, 1.82) is 0 Å². The molecule has 0 unspecified atom stereocenters. The average Bonchev–Trinajstić information content (AvgIpc) is 2.67. The monoisotopic (exact) mass is 294 g/mol. The van der Waals surface area contributed by atoms with Crippen LogP contribution in [0.1, 0.15) is 0 Å². The first-order chi connectivity index (χ1) is 9.54. The molecule has 9 heteroatoms. The predicted molar refractivity (Wildman–Crippen MR) is 66.6 cm³/mol. The van der Waals surface area contributed by atoms with Gasteiger partial charge in [-0.05, 0) is 0 Å². The number of aliphatic hydroxyl groups excluding tert-OH is 3. The van der Waals surface area contributed by atoms with E-state index in [-0.39, 0.29) is 19.9 Å². The molecule has 0 aromatic heterocycles. The number of nitrogens with zero attached hydrogens (tertiary/aromatic N) is 2. The summed E-state index contributed by atoms with van der Waals surface area (Å²) in [6, 6.07) is -0.576. The Bertz CT molecular complexity index is 301. The van der Waals surface area contributed by atoms with Crippen molar-refractivity contribution in [2.75, 3.05) is 54.4 Å². The van der Waals surface area contributed by atoms with Crippen LogP contribution in [0.15, 0.2) is 0 Å². The molecule has 0 saturated carbocycles. The summed E-state index contributed by atoms with van der Waals surface area (Å²) in [6.45, 7) is -1.81. The Labute approximate surface area is 117 Å². The van der Waals surface area contributed by atoms with Crippen LogP contribution in [0.4, 0.5) is 4.79 Å². The molecule has 0 aromatic carbocycles. The van der Waals surface area contributed by atoms with Crippen molar-refractivity contribution in [2.45, 2.75) is 11.4 Å². The van der Waals surface area contributed by atoms with Crippen molar-refractivity contribution in [3.05, 3.63) is 0 Å². The molecule has 1 heterocycles. The number of rotatable bonds is 8. The molecule has 0 radical (unpaired) electrons. The zero-order valence-corrected chi connectivity index (χ0v) is 11.9. The van der Waals surface area contributed by atoms with Gasteiger partial charge in [-0.3, -0.25) is 0 Å². The summed E-state index contributed by atoms with van der Waals surface area (Å²) in [7, 11) is 3.97. The fourth-order valence-corrected chi connectivity index (χ4v) is 2.66. The van der Waals surface area contributed by atoms with Gasteiger partial charge in [-0.15, -0.1) is 0 Å². The number of aliphatic hydroxyl groups is 3. The molecule has 2 amide bonds. The van der Waals surface area contributed by atoms with Crippen molar-refractivity contribution >= 4 is 6.03 Å². The van der Waals surface area contributed by atoms with Gasteiger partial charge in [0.25, 0.3) is 5.91 Å². The van der Waals surface area contributed by atoms with Gasteiger partial charge in [0.15, 0.2) is 5.54 Å². The molecule has 0 spiro atoms. The van der Waals surface area contributed by atoms with Gasteiger partial charge in [-0.2, -0.15) is 0 Å². The third kappa shape index (κ3) is 2.07. The Hall–Kier alpha value is -0.970. The molecule has 1 aliphatic heterocycles. The van der Waals surface area contributed by atoms with Crippen LogP contribution >= 0.6 is 0 Å². The van der Waals surface area contributed by atoms with E-state index in [0.717, 1.165) is 9.80 Å². The molecule has 0 aromatic rings. The zero-order chi connectivity index (χ0) is 15.4. The van der Waals surface area contributed by atoms with Gasteiger partial charge in [-0.25, -0.2) is 9.69 Å². The Kier molecular flexibility index (Phi) is 5.68. The van der Waals surface area contributed by atoms with Gasteiger partial charge in [0, 0.05) is 27.9 Å². The van der Waals surface area contributed by atoms with Crippen LogP contribution in [0, 0.1) is 0 Å². The normalized spacial score (nSPS) is 20.8. The van der Waals surface area contributed by atoms with Crippen LogP contribution in [0.5, 0.6) is 0 Å². The summed E-state index contributed by atoms with van der Waals surface area (Å²) < 4.78 is 15.6. The van der Waals surface area contributed by atoms with Crippen LogP contribution in [0.25, 0.3) is 0 Å². The van der Waals surface area contributed by atoms with E-state index in [2.05, 4.69) is 0 Å². The average molecular weight is 294 g/mol. The van der Waals surface area contributed by atoms with Crippen molar-refractivity contribution in [1.82, 2.24) is 9.80 Å². The van der Waals surface area contributed by atoms with Crippen molar-refractivity contribution in [2.24, 2.45) is 0 Å². The highest BCUT2D eigenvalue weighted by Gasteiger charge is 2.69. The molecule has 1 saturated heterocycles. The summed E-state index contributed by atoms with van der Waals surface area (Å²) in [5.41, 5.74) is -1.56. The maximum atomic E-state index is 12.4. The lowest BCUT2D eigenvalue weighted by Crippen LogP contribution is -2.68. The summed E-state index contributed by atoms with van der Waals surface area (Å²) >= 11 is 0. The minimum atomic E-state index is -1.72. The Morgan fingerprint density at radius 1 is 1.05 bits per heavy atom. The Morgan fingerprint density at radius 2 is 1.60 bits per heavy atom. The maximum absolute atomic E-state index is 12.4. The van der Waals surface area contributed by atoms with Gasteiger partial charge >= 0.3 is 6.03 Å². The molecule has 1 aliphatic rings. The summed E-state index contributed by atoms with van der Waals surface area (Å²) in [5.74, 6) is -1.72. The van der Waals surface area contributed by atoms with E-state index < -0.39 is 30.7 Å². The highest BCUT2D eigenvalue weighted by molar-refractivity contribution is 5.79. The Balaban J connectivity index is 3.40. The number of β-amino-alcohol motifs (C(OH)–C–C–N with tert-alkyl or cyclic N) is 1. The van der Waals surface area contributed by atoms with E-state index >= 15 is 0 Å². The molecule has 0 aliphatic carbocycles. The number of methoxy groups -OCH3 is 3. The number of hydrogen-bond donors (Lipinski definition) is 3. The van der Waals surface area contributed by atoms with E-state index in [1.54, 1.807) is 0 Å². The highest BCUT2D eigenvalue weighted by Crippen LogP contribution is 2.42. The van der Waals surface area contributed by atoms with Crippen LogP contribution in [-0.4, -0.2) is 97.0 Å². The Morgan fingerprint density at radius 3 is 1.95 bits per heavy atom. The van der Waals surface area contributed by atoms with Crippen molar-refractivity contribution < 1.29 is 34.3 Å². The number of carbonyl (C=O) groups excluding carboxylic acids is 1. The molecule has 0 bridgehead atoms. The number of ether oxygens (including phenoxy) is 3. The number of carbonyl (C=O) groups is 1. The van der Waals surface area contributed by atoms with Gasteiger partial charge < -0.3 is 34.4 Å². The third-order valence-electron chi connectivity index (χ3n) is 3.58. The van der Waals surface area contributed by atoms with Gasteiger partial charge in [0.05, 0.1) is 19.8 Å². The minimum Gasteiger partial charge on any atom is -0.395 e. The second-order valence-corrected chi connectivity index (χ2v) is 4.34. The van der Waals surface area contributed by atoms with E-state index in [9.17, 15) is 15.0 Å². The molecule has 118 valence electrons. The van der Waals surface area contributed by atoms with E-state index in [0.29, 0.717) is 0 Å². The van der Waals surface area contributed by atoms with Crippen molar-refractivity contribution in [3.8, 4) is 0 Å². The van der Waals surface area contributed by atoms with Crippen LogP contribution in [0.3, 0.4) is 0 Å². The topological polar surface area (TPSA) is 112 Å². The molecule has 20 heavy (non-hydrogen) atoms. The van der Waals surface area contributed by atoms with E-state index in [1.165, 1.54) is 21.3 Å². The number of hydrogen-bond acceptors (Lipinski definition) is 7. The lowest BCUT2D eigenvalue weighted by molar-refractivity contribution is -0.329. The van der Waals surface area contributed by atoms with Crippen LogP contribution in [-0.2, 0) is 14.2 Å². The van der Waals surface area contributed by atoms with Gasteiger partial charge in [0.1, 0.15) is 6.73 Å².